The number of hydrogen-bond acceptors (Lipinski definition) is 2. The van der Waals surface area contributed by atoms with Gasteiger partial charge in [0.1, 0.15) is 5.60 Å². The summed E-state index contributed by atoms with van der Waals surface area (Å²) in [7, 11) is 0. The van der Waals surface area contributed by atoms with E-state index in [0.717, 1.165) is 16.7 Å². The van der Waals surface area contributed by atoms with Gasteiger partial charge in [0.15, 0.2) is 0 Å². The molecule has 1 atom stereocenters. The van der Waals surface area contributed by atoms with Gasteiger partial charge >= 0.3 is 0 Å². The molecule has 2 nitrogen and oxygen atoms in total. The minimum Gasteiger partial charge on any atom is -0.390 e. The first kappa shape index (κ1) is 16.4. The molecule has 1 N–H and O–H groups in total. The Kier molecular flexibility index (Phi) is 5.09. The molecule has 2 heteroatoms. The van der Waals surface area contributed by atoms with Gasteiger partial charge < -0.3 is 9.84 Å². The van der Waals surface area contributed by atoms with Crippen molar-refractivity contribution in [3.63, 3.8) is 0 Å². The second kappa shape index (κ2) is 7.43. The van der Waals surface area contributed by atoms with E-state index in [2.05, 4.69) is 0 Å². The molecular weight excluding hydrogens is 296 g/mol. The Hall–Kier alpha value is -2.42. The molecule has 0 heterocycles. The Morgan fingerprint density at radius 3 is 1.58 bits per heavy atom. The van der Waals surface area contributed by atoms with Crippen LogP contribution in [0.1, 0.15) is 23.6 Å². The van der Waals surface area contributed by atoms with Crippen LogP contribution >= 0.6 is 0 Å². The molecule has 0 saturated carbocycles. The van der Waals surface area contributed by atoms with Crippen LogP contribution in [0.5, 0.6) is 0 Å². The molecule has 1 unspecified atom stereocenters. The van der Waals surface area contributed by atoms with E-state index in [1.165, 1.54) is 0 Å². The predicted octanol–water partition coefficient (Wildman–Crippen LogP) is 4.53. The first-order valence-corrected chi connectivity index (χ1v) is 8.20. The van der Waals surface area contributed by atoms with Crippen molar-refractivity contribution in [2.24, 2.45) is 0 Å². The van der Waals surface area contributed by atoms with Gasteiger partial charge in [-0.05, 0) is 23.6 Å². The van der Waals surface area contributed by atoms with E-state index in [-0.39, 0.29) is 0 Å². The standard InChI is InChI=1S/C22H22O2/c1-18(23)22(20-13-7-3-8-14-20,21-15-9-4-10-16-21)24-17-19-11-5-2-6-12-19/h2-16,18,23H,17H2,1H3. The summed E-state index contributed by atoms with van der Waals surface area (Å²) in [6.45, 7) is 2.21. The van der Waals surface area contributed by atoms with Crippen molar-refractivity contribution in [1.82, 2.24) is 0 Å². The molecule has 0 aliphatic rings. The van der Waals surface area contributed by atoms with Crippen molar-refractivity contribution >= 4 is 0 Å². The second-order valence-corrected chi connectivity index (χ2v) is 5.92. The minimum atomic E-state index is -0.904. The van der Waals surface area contributed by atoms with E-state index in [4.69, 9.17) is 4.74 Å². The Morgan fingerprint density at radius 2 is 1.17 bits per heavy atom. The Morgan fingerprint density at radius 1 is 0.750 bits per heavy atom. The van der Waals surface area contributed by atoms with E-state index in [0.29, 0.717) is 6.61 Å². The van der Waals surface area contributed by atoms with E-state index < -0.39 is 11.7 Å². The van der Waals surface area contributed by atoms with Crippen molar-refractivity contribution in [2.75, 3.05) is 0 Å². The molecule has 0 bridgehead atoms. The second-order valence-electron chi connectivity index (χ2n) is 5.92. The van der Waals surface area contributed by atoms with Crippen LogP contribution in [-0.2, 0) is 16.9 Å². The lowest BCUT2D eigenvalue weighted by molar-refractivity contribution is -0.104. The fourth-order valence-electron chi connectivity index (χ4n) is 3.08. The van der Waals surface area contributed by atoms with Crippen LogP contribution in [0.3, 0.4) is 0 Å². The third-order valence-electron chi connectivity index (χ3n) is 4.30. The first-order valence-electron chi connectivity index (χ1n) is 8.20. The molecule has 24 heavy (non-hydrogen) atoms. The zero-order valence-electron chi connectivity index (χ0n) is 13.8. The van der Waals surface area contributed by atoms with E-state index in [9.17, 15) is 5.11 Å². The Labute approximate surface area is 143 Å². The van der Waals surface area contributed by atoms with Crippen molar-refractivity contribution in [3.8, 4) is 0 Å². The normalized spacial score (nSPS) is 12.8. The number of rotatable bonds is 6. The van der Waals surface area contributed by atoms with Crippen LogP contribution in [0.4, 0.5) is 0 Å². The highest BCUT2D eigenvalue weighted by Gasteiger charge is 2.40. The average Bonchev–Trinajstić information content (AvgIpc) is 2.65. The van der Waals surface area contributed by atoms with Crippen LogP contribution < -0.4 is 0 Å². The summed E-state index contributed by atoms with van der Waals surface area (Å²) in [5.74, 6) is 0. The van der Waals surface area contributed by atoms with Crippen molar-refractivity contribution in [3.05, 3.63) is 108 Å². The van der Waals surface area contributed by atoms with Gasteiger partial charge in [-0.2, -0.15) is 0 Å². The summed E-state index contributed by atoms with van der Waals surface area (Å²) in [4.78, 5) is 0. The molecule has 0 spiro atoms. The summed E-state index contributed by atoms with van der Waals surface area (Å²) in [6.07, 6.45) is -0.703. The van der Waals surface area contributed by atoms with Gasteiger partial charge in [0.05, 0.1) is 12.7 Å². The fourth-order valence-corrected chi connectivity index (χ4v) is 3.08. The average molecular weight is 318 g/mol. The summed E-state index contributed by atoms with van der Waals surface area (Å²) in [5, 5.41) is 10.7. The largest absolute Gasteiger partial charge is 0.390 e. The molecule has 0 saturated heterocycles. The van der Waals surface area contributed by atoms with Crippen LogP contribution in [0.15, 0.2) is 91.0 Å². The molecule has 3 aromatic rings. The topological polar surface area (TPSA) is 29.5 Å². The SMILES string of the molecule is CC(O)C(OCc1ccccc1)(c1ccccc1)c1ccccc1. The van der Waals surface area contributed by atoms with Gasteiger partial charge in [-0.25, -0.2) is 0 Å². The van der Waals surface area contributed by atoms with E-state index >= 15 is 0 Å². The highest BCUT2D eigenvalue weighted by atomic mass is 16.5. The minimum absolute atomic E-state index is 0.426. The number of aliphatic hydroxyl groups is 1. The highest BCUT2D eigenvalue weighted by Crippen LogP contribution is 2.38. The fraction of sp³-hybridized carbons (Fsp3) is 0.182. The summed E-state index contributed by atoms with van der Waals surface area (Å²) in [5.41, 5.74) is 2.07. The summed E-state index contributed by atoms with van der Waals surface area (Å²) < 4.78 is 6.40. The molecule has 0 fully saturated rings. The molecule has 0 radical (unpaired) electrons. The van der Waals surface area contributed by atoms with Gasteiger partial charge in [0, 0.05) is 0 Å². The molecule has 0 aliphatic heterocycles. The maximum Gasteiger partial charge on any atom is 0.144 e. The van der Waals surface area contributed by atoms with Crippen molar-refractivity contribution in [2.45, 2.75) is 25.2 Å². The summed E-state index contributed by atoms with van der Waals surface area (Å²) >= 11 is 0. The quantitative estimate of drug-likeness (QED) is 0.723. The Balaban J connectivity index is 2.05. The molecule has 122 valence electrons. The number of ether oxygens (including phenoxy) is 1. The maximum atomic E-state index is 10.7. The van der Waals surface area contributed by atoms with E-state index in [1.807, 2.05) is 91.0 Å². The van der Waals surface area contributed by atoms with Crippen LogP contribution in [0, 0.1) is 0 Å². The van der Waals surface area contributed by atoms with Crippen molar-refractivity contribution in [1.29, 1.82) is 0 Å². The first-order chi connectivity index (χ1) is 11.7. The van der Waals surface area contributed by atoms with Gasteiger partial charge in [-0.15, -0.1) is 0 Å². The van der Waals surface area contributed by atoms with Crippen LogP contribution in [0.25, 0.3) is 0 Å². The number of benzene rings is 3. The lowest BCUT2D eigenvalue weighted by Crippen LogP contribution is -2.41. The number of hydrogen-bond donors (Lipinski definition) is 1. The van der Waals surface area contributed by atoms with Gasteiger partial charge in [-0.3, -0.25) is 0 Å². The zero-order valence-corrected chi connectivity index (χ0v) is 13.8. The van der Waals surface area contributed by atoms with Gasteiger partial charge in [-0.1, -0.05) is 91.0 Å². The lowest BCUT2D eigenvalue weighted by atomic mass is 9.82. The number of aliphatic hydroxyl groups excluding tert-OH is 1. The van der Waals surface area contributed by atoms with Crippen LogP contribution in [0.2, 0.25) is 0 Å². The molecule has 3 rings (SSSR count). The van der Waals surface area contributed by atoms with Crippen LogP contribution in [-0.4, -0.2) is 11.2 Å². The lowest BCUT2D eigenvalue weighted by Gasteiger charge is -2.37. The smallest absolute Gasteiger partial charge is 0.144 e. The molecule has 0 aliphatic carbocycles. The van der Waals surface area contributed by atoms with E-state index in [1.54, 1.807) is 6.92 Å². The molecule has 0 amide bonds. The third kappa shape index (κ3) is 3.25. The molecule has 0 aromatic heterocycles. The van der Waals surface area contributed by atoms with Gasteiger partial charge in [0.2, 0.25) is 0 Å². The van der Waals surface area contributed by atoms with Gasteiger partial charge in [0.25, 0.3) is 0 Å². The van der Waals surface area contributed by atoms with Crippen molar-refractivity contribution < 1.29 is 9.84 Å². The molecule has 3 aromatic carbocycles. The third-order valence-corrected chi connectivity index (χ3v) is 4.30. The Bertz CT molecular complexity index is 697. The molecular formula is C22H22O2. The zero-order chi connectivity index (χ0) is 16.8. The summed E-state index contributed by atoms with van der Waals surface area (Å²) in [6, 6.07) is 29.9. The highest BCUT2D eigenvalue weighted by molar-refractivity contribution is 5.38. The predicted molar refractivity (Wildman–Crippen MR) is 96.6 cm³/mol. The maximum absolute atomic E-state index is 10.7. The monoisotopic (exact) mass is 318 g/mol.